The highest BCUT2D eigenvalue weighted by molar-refractivity contribution is 7.92. The average molecular weight is 514 g/mol. The van der Waals surface area contributed by atoms with Gasteiger partial charge in [0.25, 0.3) is 10.0 Å². The maximum absolute atomic E-state index is 13.6. The van der Waals surface area contributed by atoms with Crippen LogP contribution in [0.3, 0.4) is 0 Å². The van der Waals surface area contributed by atoms with Gasteiger partial charge in [-0.1, -0.05) is 30.3 Å². The minimum Gasteiger partial charge on any atom is -0.497 e. The number of ether oxygens (including phenoxy) is 1. The molecule has 0 fully saturated rings. The molecular weight excluding hydrogens is 485 g/mol. The van der Waals surface area contributed by atoms with Gasteiger partial charge in [0.05, 0.1) is 17.7 Å². The molecule has 1 N–H and O–H groups in total. The number of rotatable bonds is 10. The summed E-state index contributed by atoms with van der Waals surface area (Å²) in [4.78, 5) is 27.3. The minimum absolute atomic E-state index is 0.0150. The third-order valence-corrected chi connectivity index (χ3v) is 7.44. The molecule has 10 heteroatoms. The summed E-state index contributed by atoms with van der Waals surface area (Å²) in [6, 6.07) is 18.7. The van der Waals surface area contributed by atoms with Crippen LogP contribution in [-0.2, 0) is 26.2 Å². The van der Waals surface area contributed by atoms with Crippen LogP contribution in [-0.4, -0.2) is 51.9 Å². The van der Waals surface area contributed by atoms with Crippen molar-refractivity contribution >= 4 is 27.5 Å². The molecule has 0 radical (unpaired) electrons. The van der Waals surface area contributed by atoms with Gasteiger partial charge in [0.1, 0.15) is 24.2 Å². The van der Waals surface area contributed by atoms with E-state index in [1.807, 2.05) is 0 Å². The van der Waals surface area contributed by atoms with Gasteiger partial charge in [-0.25, -0.2) is 12.8 Å². The summed E-state index contributed by atoms with van der Waals surface area (Å²) in [6.07, 6.45) is 0. The number of nitrogens with one attached hydrogen (secondary N) is 1. The van der Waals surface area contributed by atoms with Crippen LogP contribution >= 0.6 is 0 Å². The molecule has 3 rings (SSSR count). The van der Waals surface area contributed by atoms with Crippen LogP contribution in [0.2, 0.25) is 0 Å². The van der Waals surface area contributed by atoms with Gasteiger partial charge in [0, 0.05) is 13.6 Å². The van der Waals surface area contributed by atoms with Gasteiger partial charge in [-0.15, -0.1) is 0 Å². The van der Waals surface area contributed by atoms with E-state index >= 15 is 0 Å². The van der Waals surface area contributed by atoms with Crippen LogP contribution in [0, 0.1) is 5.82 Å². The van der Waals surface area contributed by atoms with Crippen molar-refractivity contribution in [1.29, 1.82) is 0 Å². The zero-order valence-corrected chi connectivity index (χ0v) is 21.0. The van der Waals surface area contributed by atoms with E-state index in [4.69, 9.17) is 4.74 Å². The van der Waals surface area contributed by atoms with Crippen molar-refractivity contribution in [3.8, 4) is 5.75 Å². The predicted octanol–water partition coefficient (Wildman–Crippen LogP) is 3.19. The number of benzene rings is 3. The lowest BCUT2D eigenvalue weighted by atomic mass is 10.1. The van der Waals surface area contributed by atoms with E-state index in [0.717, 1.165) is 4.31 Å². The molecule has 1 atom stereocenters. The number of methoxy groups -OCH3 is 1. The Hall–Kier alpha value is -3.92. The molecule has 36 heavy (non-hydrogen) atoms. The molecule has 0 heterocycles. The molecule has 0 saturated heterocycles. The van der Waals surface area contributed by atoms with Crippen LogP contribution < -0.4 is 14.4 Å². The van der Waals surface area contributed by atoms with E-state index in [2.05, 4.69) is 5.32 Å². The summed E-state index contributed by atoms with van der Waals surface area (Å²) < 4.78 is 46.8. The summed E-state index contributed by atoms with van der Waals surface area (Å²) in [6.45, 7) is 0.977. The predicted molar refractivity (Wildman–Crippen MR) is 134 cm³/mol. The molecule has 0 saturated carbocycles. The van der Waals surface area contributed by atoms with Crippen LogP contribution in [0.25, 0.3) is 0 Å². The van der Waals surface area contributed by atoms with Gasteiger partial charge in [-0.3, -0.25) is 13.9 Å². The van der Waals surface area contributed by atoms with Crippen LogP contribution in [0.15, 0.2) is 83.8 Å². The van der Waals surface area contributed by atoms with E-state index in [0.29, 0.717) is 11.3 Å². The molecule has 0 bridgehead atoms. The summed E-state index contributed by atoms with van der Waals surface area (Å²) in [5, 5.41) is 2.51. The maximum Gasteiger partial charge on any atom is 0.264 e. The molecule has 0 aliphatic heterocycles. The number of anilines is 1. The van der Waals surface area contributed by atoms with Gasteiger partial charge < -0.3 is 15.0 Å². The Labute approximate surface area is 210 Å². The van der Waals surface area contributed by atoms with Crippen molar-refractivity contribution in [2.24, 2.45) is 0 Å². The molecule has 0 aromatic heterocycles. The Morgan fingerprint density at radius 3 is 2.14 bits per heavy atom. The zero-order valence-electron chi connectivity index (χ0n) is 20.2. The second-order valence-electron chi connectivity index (χ2n) is 7.96. The largest absolute Gasteiger partial charge is 0.497 e. The van der Waals surface area contributed by atoms with Crippen molar-refractivity contribution in [2.45, 2.75) is 24.4 Å². The second kappa shape index (κ2) is 11.7. The lowest BCUT2D eigenvalue weighted by Gasteiger charge is -2.31. The fourth-order valence-corrected chi connectivity index (χ4v) is 4.99. The minimum atomic E-state index is -4.16. The maximum atomic E-state index is 13.6. The SMILES string of the molecule is CNC(=O)[C@H](C)N(Cc1ccc(F)cc1)C(=O)CN(c1ccccc1)S(=O)(=O)c1ccc(OC)cc1. The number of halogens is 1. The van der Waals surface area contributed by atoms with Crippen LogP contribution in [0.5, 0.6) is 5.75 Å². The van der Waals surface area contributed by atoms with Crippen LogP contribution in [0.1, 0.15) is 12.5 Å². The zero-order chi connectivity index (χ0) is 26.3. The highest BCUT2D eigenvalue weighted by Gasteiger charge is 2.32. The molecule has 190 valence electrons. The fourth-order valence-electron chi connectivity index (χ4n) is 3.58. The van der Waals surface area contributed by atoms with E-state index in [1.165, 1.54) is 67.6 Å². The van der Waals surface area contributed by atoms with E-state index in [-0.39, 0.29) is 17.1 Å². The van der Waals surface area contributed by atoms with Crippen molar-refractivity contribution in [3.05, 3.63) is 90.2 Å². The van der Waals surface area contributed by atoms with Gasteiger partial charge in [0.2, 0.25) is 11.8 Å². The lowest BCUT2D eigenvalue weighted by Crippen LogP contribution is -2.50. The van der Waals surface area contributed by atoms with Gasteiger partial charge in [0.15, 0.2) is 0 Å². The van der Waals surface area contributed by atoms with Crippen molar-refractivity contribution < 1.29 is 27.1 Å². The second-order valence-corrected chi connectivity index (χ2v) is 9.82. The van der Waals surface area contributed by atoms with Gasteiger partial charge in [-0.2, -0.15) is 0 Å². The third-order valence-electron chi connectivity index (χ3n) is 5.65. The average Bonchev–Trinajstić information content (AvgIpc) is 2.90. The molecular formula is C26H28FN3O5S. The summed E-state index contributed by atoms with van der Waals surface area (Å²) in [5.74, 6) is -0.968. The highest BCUT2D eigenvalue weighted by atomic mass is 32.2. The number of para-hydroxylation sites is 1. The molecule has 0 spiro atoms. The standard InChI is InChI=1S/C26H28FN3O5S/c1-19(26(32)28-2)29(17-20-9-11-21(27)12-10-20)25(31)18-30(22-7-5-4-6-8-22)36(33,34)24-15-13-23(35-3)14-16-24/h4-16,19H,17-18H2,1-3H3,(H,28,32)/t19-/m0/s1. The van der Waals surface area contributed by atoms with Crippen molar-refractivity contribution in [2.75, 3.05) is 25.0 Å². The van der Waals surface area contributed by atoms with Gasteiger partial charge >= 0.3 is 0 Å². The molecule has 2 amide bonds. The Bertz CT molecular complexity index is 1280. The molecule has 0 aliphatic carbocycles. The molecule has 3 aromatic carbocycles. The molecule has 8 nitrogen and oxygen atoms in total. The summed E-state index contributed by atoms with van der Waals surface area (Å²) in [5.41, 5.74) is 0.876. The summed E-state index contributed by atoms with van der Waals surface area (Å²) >= 11 is 0. The van der Waals surface area contributed by atoms with Crippen molar-refractivity contribution in [1.82, 2.24) is 10.2 Å². The summed E-state index contributed by atoms with van der Waals surface area (Å²) in [7, 11) is -1.24. The molecule has 0 aliphatic rings. The highest BCUT2D eigenvalue weighted by Crippen LogP contribution is 2.25. The van der Waals surface area contributed by atoms with E-state index in [9.17, 15) is 22.4 Å². The lowest BCUT2D eigenvalue weighted by molar-refractivity contribution is -0.139. The van der Waals surface area contributed by atoms with E-state index in [1.54, 1.807) is 37.3 Å². The normalized spacial score (nSPS) is 11.9. The topological polar surface area (TPSA) is 96.0 Å². The van der Waals surface area contributed by atoms with Gasteiger partial charge in [-0.05, 0) is 61.0 Å². The number of nitrogens with zero attached hydrogens (tertiary/aromatic N) is 2. The first-order valence-corrected chi connectivity index (χ1v) is 12.6. The first-order valence-electron chi connectivity index (χ1n) is 11.1. The quantitative estimate of drug-likeness (QED) is 0.449. The number of hydrogen-bond acceptors (Lipinski definition) is 5. The fraction of sp³-hybridized carbons (Fsp3) is 0.231. The number of carbonyl (C=O) groups excluding carboxylic acids is 2. The Morgan fingerprint density at radius 2 is 1.58 bits per heavy atom. The Morgan fingerprint density at radius 1 is 0.972 bits per heavy atom. The number of sulfonamides is 1. The van der Waals surface area contributed by atoms with Crippen molar-refractivity contribution in [3.63, 3.8) is 0 Å². The first kappa shape index (κ1) is 26.7. The Kier molecular flexibility index (Phi) is 8.65. The first-order chi connectivity index (χ1) is 17.2. The number of carbonyl (C=O) groups is 2. The number of hydrogen-bond donors (Lipinski definition) is 1. The smallest absolute Gasteiger partial charge is 0.264 e. The monoisotopic (exact) mass is 513 g/mol. The third kappa shape index (κ3) is 6.19. The number of likely N-dealkylation sites (N-methyl/N-ethyl adjacent to an activating group) is 1. The number of amides is 2. The molecule has 0 unspecified atom stereocenters. The van der Waals surface area contributed by atoms with E-state index < -0.39 is 40.2 Å². The Balaban J connectivity index is 1.99. The molecule has 3 aromatic rings. The van der Waals surface area contributed by atoms with Crippen LogP contribution in [0.4, 0.5) is 10.1 Å².